The summed E-state index contributed by atoms with van der Waals surface area (Å²) in [6, 6.07) is 1.36. The number of H-pyrrole nitrogens is 1. The molecule has 0 fully saturated rings. The summed E-state index contributed by atoms with van der Waals surface area (Å²) in [4.78, 5) is 20.0. The number of imidazole rings is 1. The number of amides is 1. The van der Waals surface area contributed by atoms with Crippen LogP contribution in [0, 0.1) is 0 Å². The van der Waals surface area contributed by atoms with Gasteiger partial charge in [0.05, 0.1) is 24.2 Å². The van der Waals surface area contributed by atoms with Crippen molar-refractivity contribution in [2.45, 2.75) is 51.9 Å². The third-order valence-electron chi connectivity index (χ3n) is 4.03. The molecule has 1 amide bonds. The van der Waals surface area contributed by atoms with E-state index in [1.54, 1.807) is 0 Å². The van der Waals surface area contributed by atoms with Gasteiger partial charge >= 0.3 is 6.18 Å². The largest absolute Gasteiger partial charge is 0.418 e. The molecule has 2 N–H and O–H groups in total. The molecule has 5 nitrogen and oxygen atoms in total. The minimum Gasteiger partial charge on any atom is -0.340 e. The van der Waals surface area contributed by atoms with Gasteiger partial charge in [0.15, 0.2) is 0 Å². The van der Waals surface area contributed by atoms with E-state index >= 15 is 0 Å². The molecule has 0 atom stereocenters. The van der Waals surface area contributed by atoms with Crippen LogP contribution in [-0.4, -0.2) is 39.9 Å². The van der Waals surface area contributed by atoms with Crippen molar-refractivity contribution in [1.29, 1.82) is 0 Å². The first-order chi connectivity index (χ1) is 12.6. The lowest BCUT2D eigenvalue weighted by atomic mass is 10.0. The van der Waals surface area contributed by atoms with Gasteiger partial charge in [0.2, 0.25) is 5.91 Å². The maximum atomic E-state index is 13.6. The standard InChI is InChI=1S/C18H23F5N4O/c1-16(2,3)24-8-14(28)27(5)9-13-25-12-7-10(17(4,19)20)6-11(15(12)26-13)18(21,22)23/h6-7,24H,8-9H2,1-5H3,(H,25,26). The Bertz CT molecular complexity index is 862. The molecule has 0 aliphatic carbocycles. The predicted molar refractivity (Wildman–Crippen MR) is 94.9 cm³/mol. The quantitative estimate of drug-likeness (QED) is 0.737. The zero-order valence-electron chi connectivity index (χ0n) is 16.3. The number of likely N-dealkylation sites (N-methyl/N-ethyl adjacent to an activating group) is 1. The van der Waals surface area contributed by atoms with Gasteiger partial charge in [-0.05, 0) is 32.9 Å². The molecular weight excluding hydrogens is 383 g/mol. The average molecular weight is 406 g/mol. The molecule has 0 saturated heterocycles. The van der Waals surface area contributed by atoms with Crippen molar-refractivity contribution in [1.82, 2.24) is 20.2 Å². The van der Waals surface area contributed by atoms with E-state index in [1.165, 1.54) is 11.9 Å². The monoisotopic (exact) mass is 406 g/mol. The van der Waals surface area contributed by atoms with Crippen LogP contribution in [0.1, 0.15) is 44.6 Å². The number of alkyl halides is 5. The first kappa shape index (κ1) is 22.1. The second kappa shape index (κ2) is 7.31. The lowest BCUT2D eigenvalue weighted by Gasteiger charge is -2.22. The number of halogens is 5. The van der Waals surface area contributed by atoms with Crippen molar-refractivity contribution in [2.24, 2.45) is 0 Å². The Morgan fingerprint density at radius 1 is 1.14 bits per heavy atom. The molecule has 0 spiro atoms. The van der Waals surface area contributed by atoms with Crippen molar-refractivity contribution in [3.8, 4) is 0 Å². The summed E-state index contributed by atoms with van der Waals surface area (Å²) >= 11 is 0. The van der Waals surface area contributed by atoms with E-state index in [-0.39, 0.29) is 35.9 Å². The van der Waals surface area contributed by atoms with E-state index in [1.807, 2.05) is 20.8 Å². The summed E-state index contributed by atoms with van der Waals surface area (Å²) in [5.41, 5.74) is -2.90. The number of nitrogens with one attached hydrogen (secondary N) is 2. The van der Waals surface area contributed by atoms with Crippen molar-refractivity contribution in [2.75, 3.05) is 13.6 Å². The molecule has 0 saturated carbocycles. The topological polar surface area (TPSA) is 61.0 Å². The summed E-state index contributed by atoms with van der Waals surface area (Å²) in [5, 5.41) is 3.01. The molecule has 10 heteroatoms. The smallest absolute Gasteiger partial charge is 0.340 e. The number of rotatable bonds is 5. The van der Waals surface area contributed by atoms with Gasteiger partial charge in [-0.2, -0.15) is 13.2 Å². The van der Waals surface area contributed by atoms with Crippen molar-refractivity contribution < 1.29 is 26.7 Å². The van der Waals surface area contributed by atoms with Crippen LogP contribution in [0.4, 0.5) is 22.0 Å². The zero-order valence-corrected chi connectivity index (χ0v) is 16.3. The van der Waals surface area contributed by atoms with E-state index < -0.39 is 28.7 Å². The molecule has 1 heterocycles. The Kier molecular flexibility index (Phi) is 5.76. The van der Waals surface area contributed by atoms with Gasteiger partial charge in [0.25, 0.3) is 5.92 Å². The minimum atomic E-state index is -4.84. The molecule has 0 unspecified atom stereocenters. The Morgan fingerprint density at radius 2 is 1.75 bits per heavy atom. The predicted octanol–water partition coefficient (Wildman–Crippen LogP) is 4.04. The second-order valence-electron chi connectivity index (χ2n) is 7.84. The van der Waals surface area contributed by atoms with Crippen LogP contribution in [0.15, 0.2) is 12.1 Å². The molecule has 2 rings (SSSR count). The van der Waals surface area contributed by atoms with Gasteiger partial charge in [-0.1, -0.05) is 0 Å². The van der Waals surface area contributed by atoms with Crippen molar-refractivity contribution in [3.63, 3.8) is 0 Å². The lowest BCUT2D eigenvalue weighted by molar-refractivity contribution is -0.136. The highest BCUT2D eigenvalue weighted by molar-refractivity contribution is 5.81. The van der Waals surface area contributed by atoms with E-state index in [0.717, 1.165) is 6.07 Å². The molecule has 28 heavy (non-hydrogen) atoms. The van der Waals surface area contributed by atoms with Crippen LogP contribution in [0.25, 0.3) is 11.0 Å². The number of hydrogen-bond donors (Lipinski definition) is 2. The fraction of sp³-hybridized carbons (Fsp3) is 0.556. The third kappa shape index (κ3) is 5.40. The van der Waals surface area contributed by atoms with E-state index in [2.05, 4.69) is 15.3 Å². The van der Waals surface area contributed by atoms with Crippen LogP contribution in [-0.2, 0) is 23.4 Å². The lowest BCUT2D eigenvalue weighted by Crippen LogP contribution is -2.43. The van der Waals surface area contributed by atoms with E-state index in [4.69, 9.17) is 0 Å². The number of fused-ring (bicyclic) bond motifs is 1. The van der Waals surface area contributed by atoms with Gasteiger partial charge in [0, 0.05) is 25.1 Å². The highest BCUT2D eigenvalue weighted by atomic mass is 19.4. The van der Waals surface area contributed by atoms with Crippen molar-refractivity contribution >= 4 is 16.9 Å². The number of aromatic amines is 1. The molecule has 1 aromatic carbocycles. The second-order valence-corrected chi connectivity index (χ2v) is 7.84. The normalized spacial score (nSPS) is 13.2. The van der Waals surface area contributed by atoms with Crippen LogP contribution in [0.3, 0.4) is 0 Å². The van der Waals surface area contributed by atoms with Crippen molar-refractivity contribution in [3.05, 3.63) is 29.1 Å². The van der Waals surface area contributed by atoms with Crippen LogP contribution >= 0.6 is 0 Å². The summed E-state index contributed by atoms with van der Waals surface area (Å²) in [7, 11) is 1.48. The third-order valence-corrected chi connectivity index (χ3v) is 4.03. The Hall–Kier alpha value is -2.23. The molecule has 2 aromatic rings. The summed E-state index contributed by atoms with van der Waals surface area (Å²) in [5.74, 6) is -3.65. The summed E-state index contributed by atoms with van der Waals surface area (Å²) in [6.45, 7) is 6.15. The number of aromatic nitrogens is 2. The Balaban J connectivity index is 2.34. The number of carbonyl (C=O) groups is 1. The fourth-order valence-electron chi connectivity index (χ4n) is 2.50. The summed E-state index contributed by atoms with van der Waals surface area (Å²) < 4.78 is 67.2. The molecule has 1 aromatic heterocycles. The van der Waals surface area contributed by atoms with Gasteiger partial charge in [-0.15, -0.1) is 0 Å². The summed E-state index contributed by atoms with van der Waals surface area (Å²) in [6.07, 6.45) is -4.84. The Labute approximate surface area is 159 Å². The molecule has 0 aliphatic heterocycles. The number of hydrogen-bond acceptors (Lipinski definition) is 3. The molecular formula is C18H23F5N4O. The van der Waals surface area contributed by atoms with Crippen LogP contribution < -0.4 is 5.32 Å². The molecule has 0 aliphatic rings. The number of nitrogens with zero attached hydrogens (tertiary/aromatic N) is 2. The van der Waals surface area contributed by atoms with Gasteiger partial charge in [-0.25, -0.2) is 13.8 Å². The SMILES string of the molecule is CN(Cc1nc2c(C(F)(F)F)cc(C(C)(F)F)cc2[nH]1)C(=O)CNC(C)(C)C. The maximum absolute atomic E-state index is 13.6. The highest BCUT2D eigenvalue weighted by Gasteiger charge is 2.37. The molecule has 0 bridgehead atoms. The maximum Gasteiger partial charge on any atom is 0.418 e. The molecule has 0 radical (unpaired) electrons. The highest BCUT2D eigenvalue weighted by Crippen LogP contribution is 2.38. The minimum absolute atomic E-state index is 0.0419. The van der Waals surface area contributed by atoms with E-state index in [9.17, 15) is 26.7 Å². The number of carbonyl (C=O) groups excluding carboxylic acids is 1. The van der Waals surface area contributed by atoms with Gasteiger partial charge in [-0.3, -0.25) is 4.79 Å². The zero-order chi connectivity index (χ0) is 21.5. The van der Waals surface area contributed by atoms with Gasteiger partial charge < -0.3 is 15.2 Å². The van der Waals surface area contributed by atoms with Crippen LogP contribution in [0.2, 0.25) is 0 Å². The fourth-order valence-corrected chi connectivity index (χ4v) is 2.50. The first-order valence-corrected chi connectivity index (χ1v) is 8.55. The van der Waals surface area contributed by atoms with Gasteiger partial charge in [0.1, 0.15) is 11.3 Å². The Morgan fingerprint density at radius 3 is 2.25 bits per heavy atom. The van der Waals surface area contributed by atoms with Crippen LogP contribution in [0.5, 0.6) is 0 Å². The van der Waals surface area contributed by atoms with E-state index in [0.29, 0.717) is 13.0 Å². The average Bonchev–Trinajstić information content (AvgIpc) is 2.90. The molecule has 156 valence electrons. The number of benzene rings is 1. The first-order valence-electron chi connectivity index (χ1n) is 8.55.